The molecule has 1 heterocycles. The summed E-state index contributed by atoms with van der Waals surface area (Å²) in [6.45, 7) is 8.98. The Morgan fingerprint density at radius 2 is 2.00 bits per heavy atom. The Labute approximate surface area is 163 Å². The maximum Gasteiger partial charge on any atom is 0.156 e. The van der Waals surface area contributed by atoms with Gasteiger partial charge in [0.2, 0.25) is 0 Å². The Morgan fingerprint density at radius 3 is 2.56 bits per heavy atom. The van der Waals surface area contributed by atoms with E-state index in [4.69, 9.17) is 27.9 Å². The number of nitrogens with zero attached hydrogens (tertiary/aromatic N) is 2. The molecule has 2 unspecified atom stereocenters. The summed E-state index contributed by atoms with van der Waals surface area (Å²) in [5.74, 6) is 0.502. The van der Waals surface area contributed by atoms with Crippen LogP contribution in [0.3, 0.4) is 0 Å². The first kappa shape index (κ1) is 22.4. The molecule has 0 N–H and O–H groups in total. The maximum atomic E-state index is 6.34. The Kier molecular flexibility index (Phi) is 11.4. The molecule has 5 heteroatoms. The van der Waals surface area contributed by atoms with Crippen LogP contribution in [0.4, 0.5) is 0 Å². The summed E-state index contributed by atoms with van der Waals surface area (Å²) in [5, 5.41) is 0.749. The highest BCUT2D eigenvalue weighted by molar-refractivity contribution is 6.65. The van der Waals surface area contributed by atoms with Crippen molar-refractivity contribution in [2.45, 2.75) is 78.7 Å². The second-order valence-corrected chi connectivity index (χ2v) is 7.45. The molecule has 0 aromatic heterocycles. The molecule has 142 valence electrons. The van der Waals surface area contributed by atoms with Crippen molar-refractivity contribution in [3.05, 3.63) is 22.5 Å². The molecule has 0 aliphatic carbocycles. The molecule has 0 bridgehead atoms. The third-order valence-corrected chi connectivity index (χ3v) is 4.80. The monoisotopic (exact) mass is 386 g/mol. The molecule has 25 heavy (non-hydrogen) atoms. The molecule has 0 spiro atoms. The molecular formula is C20H32Cl2N2O. The van der Waals surface area contributed by atoms with Crippen LogP contribution in [0.15, 0.2) is 32.5 Å². The molecule has 1 aliphatic rings. The van der Waals surface area contributed by atoms with Gasteiger partial charge in [-0.05, 0) is 57.4 Å². The van der Waals surface area contributed by atoms with E-state index in [2.05, 4.69) is 29.9 Å². The van der Waals surface area contributed by atoms with Crippen LogP contribution in [-0.2, 0) is 4.74 Å². The summed E-state index contributed by atoms with van der Waals surface area (Å²) in [4.78, 5) is 8.81. The Balaban J connectivity index is 2.88. The average Bonchev–Trinajstić information content (AvgIpc) is 2.60. The Morgan fingerprint density at radius 1 is 1.24 bits per heavy atom. The maximum absolute atomic E-state index is 6.34. The fourth-order valence-electron chi connectivity index (χ4n) is 2.96. The Hall–Kier alpha value is -0.640. The van der Waals surface area contributed by atoms with Crippen LogP contribution in [0.5, 0.6) is 0 Å². The van der Waals surface area contributed by atoms with Gasteiger partial charge in [0.15, 0.2) is 5.16 Å². The number of rotatable bonds is 9. The van der Waals surface area contributed by atoms with Gasteiger partial charge in [0.25, 0.3) is 0 Å². The third-order valence-electron chi connectivity index (χ3n) is 4.45. The second-order valence-electron chi connectivity index (χ2n) is 6.54. The molecule has 1 saturated heterocycles. The zero-order chi connectivity index (χ0) is 18.7. The van der Waals surface area contributed by atoms with Gasteiger partial charge in [-0.3, -0.25) is 4.99 Å². The highest BCUT2D eigenvalue weighted by Crippen LogP contribution is 2.26. The van der Waals surface area contributed by atoms with E-state index in [0.717, 1.165) is 44.3 Å². The van der Waals surface area contributed by atoms with Crippen LogP contribution >= 0.6 is 23.2 Å². The first-order valence-corrected chi connectivity index (χ1v) is 10.2. The van der Waals surface area contributed by atoms with Crippen molar-refractivity contribution < 1.29 is 4.74 Å². The van der Waals surface area contributed by atoms with Gasteiger partial charge in [-0.1, -0.05) is 56.0 Å². The normalized spacial score (nSPS) is 22.2. The molecule has 2 atom stereocenters. The molecule has 3 nitrogen and oxygen atoms in total. The summed E-state index contributed by atoms with van der Waals surface area (Å²) < 4.78 is 5.94. The highest BCUT2D eigenvalue weighted by atomic mass is 35.5. The first-order valence-electron chi connectivity index (χ1n) is 9.41. The lowest BCUT2D eigenvalue weighted by Gasteiger charge is -2.29. The second kappa shape index (κ2) is 12.7. The van der Waals surface area contributed by atoms with E-state index >= 15 is 0 Å². The molecular weight excluding hydrogens is 355 g/mol. The van der Waals surface area contributed by atoms with E-state index in [9.17, 15) is 0 Å². The van der Waals surface area contributed by atoms with Crippen molar-refractivity contribution in [1.82, 2.24) is 0 Å². The summed E-state index contributed by atoms with van der Waals surface area (Å²) in [6.07, 6.45) is 12.1. The van der Waals surface area contributed by atoms with Crippen molar-refractivity contribution in [3.63, 3.8) is 0 Å². The zero-order valence-corrected chi connectivity index (χ0v) is 17.5. The number of halogens is 2. The van der Waals surface area contributed by atoms with E-state index in [1.807, 2.05) is 13.1 Å². The molecule has 0 aromatic rings. The quantitative estimate of drug-likeness (QED) is 0.242. The van der Waals surface area contributed by atoms with E-state index < -0.39 is 0 Å². The van der Waals surface area contributed by atoms with Gasteiger partial charge < -0.3 is 4.74 Å². The molecule has 1 rings (SSSR count). The minimum absolute atomic E-state index is 0.343. The summed E-state index contributed by atoms with van der Waals surface area (Å²) in [5.41, 5.74) is 1.74. The standard InChI is InChI=1S/C20H32Cl2N2O/c1-5-7-10-15(3)19(20(22)24-16(4)21)23-13-12-17(6-2)18-11-8-9-14-25-18/h10,13,17-18H,5-9,11-12,14H2,1-4H3/b15-10+,20-19+,23-13?,24-16?. The highest BCUT2D eigenvalue weighted by Gasteiger charge is 2.22. The minimum atomic E-state index is 0.343. The predicted molar refractivity (Wildman–Crippen MR) is 111 cm³/mol. The lowest BCUT2D eigenvalue weighted by molar-refractivity contribution is -0.0198. The SMILES string of the molecule is CCC/C=C(C)/C(N=CCC(CC)C1CCCCO1)=C(/Cl)N=C(C)Cl. The number of hydrogen-bond donors (Lipinski definition) is 0. The number of aliphatic imine (C=N–C) groups is 2. The molecule has 0 aromatic carbocycles. The van der Waals surface area contributed by atoms with E-state index in [0.29, 0.717) is 28.0 Å². The van der Waals surface area contributed by atoms with Crippen LogP contribution in [-0.4, -0.2) is 24.1 Å². The van der Waals surface area contributed by atoms with Gasteiger partial charge in [0, 0.05) is 12.8 Å². The first-order chi connectivity index (χ1) is 12.0. The smallest absolute Gasteiger partial charge is 0.156 e. The van der Waals surface area contributed by atoms with E-state index in [1.165, 1.54) is 12.8 Å². The van der Waals surface area contributed by atoms with Crippen molar-refractivity contribution in [2.24, 2.45) is 15.9 Å². The fourth-order valence-corrected chi connectivity index (χ4v) is 3.41. The predicted octanol–water partition coefficient (Wildman–Crippen LogP) is 6.85. The van der Waals surface area contributed by atoms with Crippen molar-refractivity contribution in [2.75, 3.05) is 6.61 Å². The largest absolute Gasteiger partial charge is 0.378 e. The topological polar surface area (TPSA) is 34.0 Å². The number of unbranched alkanes of at least 4 members (excludes halogenated alkanes) is 1. The van der Waals surface area contributed by atoms with Crippen molar-refractivity contribution >= 4 is 34.6 Å². The van der Waals surface area contributed by atoms with Gasteiger partial charge >= 0.3 is 0 Å². The lowest BCUT2D eigenvalue weighted by atomic mass is 9.91. The molecule has 1 fully saturated rings. The van der Waals surface area contributed by atoms with Gasteiger partial charge in [-0.2, -0.15) is 0 Å². The zero-order valence-electron chi connectivity index (χ0n) is 16.0. The van der Waals surface area contributed by atoms with Gasteiger partial charge in [0.1, 0.15) is 10.9 Å². The summed E-state index contributed by atoms with van der Waals surface area (Å²) >= 11 is 12.2. The molecule has 1 aliphatic heterocycles. The minimum Gasteiger partial charge on any atom is -0.378 e. The number of ether oxygens (including phenoxy) is 1. The van der Waals surface area contributed by atoms with Crippen LogP contribution in [0.1, 0.15) is 72.6 Å². The lowest BCUT2D eigenvalue weighted by Crippen LogP contribution is -2.27. The van der Waals surface area contributed by atoms with Gasteiger partial charge in [-0.15, -0.1) is 0 Å². The molecule has 0 radical (unpaired) electrons. The van der Waals surface area contributed by atoms with Crippen LogP contribution < -0.4 is 0 Å². The summed E-state index contributed by atoms with van der Waals surface area (Å²) in [6, 6.07) is 0. The number of hydrogen-bond acceptors (Lipinski definition) is 3. The van der Waals surface area contributed by atoms with Gasteiger partial charge in [0.05, 0.1) is 6.10 Å². The van der Waals surface area contributed by atoms with Crippen LogP contribution in [0.25, 0.3) is 0 Å². The van der Waals surface area contributed by atoms with Crippen LogP contribution in [0.2, 0.25) is 0 Å². The summed E-state index contributed by atoms with van der Waals surface area (Å²) in [7, 11) is 0. The van der Waals surface area contributed by atoms with Crippen molar-refractivity contribution in [1.29, 1.82) is 0 Å². The fraction of sp³-hybridized carbons (Fsp3) is 0.700. The molecule has 0 amide bonds. The van der Waals surface area contributed by atoms with Crippen LogP contribution in [0, 0.1) is 5.92 Å². The van der Waals surface area contributed by atoms with E-state index in [-0.39, 0.29) is 0 Å². The number of allylic oxidation sites excluding steroid dienone is 2. The molecule has 0 saturated carbocycles. The average molecular weight is 387 g/mol. The van der Waals surface area contributed by atoms with E-state index in [1.54, 1.807) is 6.92 Å². The Bertz CT molecular complexity index is 514. The van der Waals surface area contributed by atoms with Gasteiger partial charge in [-0.25, -0.2) is 4.99 Å². The third kappa shape index (κ3) is 8.52. The van der Waals surface area contributed by atoms with Crippen molar-refractivity contribution in [3.8, 4) is 0 Å².